The third-order valence-electron chi connectivity index (χ3n) is 8.84. The van der Waals surface area contributed by atoms with Crippen LogP contribution >= 0.6 is 0 Å². The highest BCUT2D eigenvalue weighted by Gasteiger charge is 2.37. The number of hydrogen-bond acceptors (Lipinski definition) is 25. The fraction of sp³-hybridized carbons (Fsp3) is 1.00. The van der Waals surface area contributed by atoms with Gasteiger partial charge in [-0.15, -0.1) is 0 Å². The highest BCUT2D eigenvalue weighted by molar-refractivity contribution is 4.66. The zero-order chi connectivity index (χ0) is 38.8. The molecule has 2 N–H and O–H groups in total. The first kappa shape index (κ1) is 42.7. The fourth-order valence-corrected chi connectivity index (χ4v) is 6.04. The van der Waals surface area contributed by atoms with Crippen molar-refractivity contribution in [3.8, 4) is 0 Å². The zero-order valence-corrected chi connectivity index (χ0v) is 30.8. The summed E-state index contributed by atoms with van der Waals surface area (Å²) in [6.45, 7) is 1.26. The van der Waals surface area contributed by atoms with Gasteiger partial charge in [-0.05, 0) is 0 Å². The van der Waals surface area contributed by atoms with E-state index in [1.54, 1.807) is 0 Å². The minimum atomic E-state index is -0.962. The second-order valence-corrected chi connectivity index (χ2v) is 13.2. The Labute approximate surface area is 325 Å². The summed E-state index contributed by atoms with van der Waals surface area (Å²) in [5, 5.41) is 18.7. The van der Waals surface area contributed by atoms with Crippen molar-refractivity contribution < 1.29 is 119 Å². The van der Waals surface area contributed by atoms with Gasteiger partial charge in [-0.25, -0.2) is 0 Å². The molecule has 0 unspecified atom stereocenters. The lowest BCUT2D eigenvalue weighted by Gasteiger charge is -2.38. The van der Waals surface area contributed by atoms with Crippen molar-refractivity contribution in [2.45, 2.75) is 101 Å². The molecule has 0 bridgehead atoms. The number of hydrogen-bond donors (Lipinski definition) is 2. The lowest BCUT2D eigenvalue weighted by molar-refractivity contribution is -0.399. The lowest BCUT2D eigenvalue weighted by Crippen LogP contribution is -2.49. The summed E-state index contributed by atoms with van der Waals surface area (Å²) < 4.78 is 130. The van der Waals surface area contributed by atoms with Crippen LogP contribution in [0.15, 0.2) is 0 Å². The van der Waals surface area contributed by atoms with Gasteiger partial charge in [0.15, 0.2) is 101 Å². The van der Waals surface area contributed by atoms with E-state index in [1.807, 2.05) is 0 Å². The molecule has 0 spiro atoms. The maximum Gasteiger partial charge on any atom is 0.184 e. The molecule has 0 aromatic rings. The number of rotatable bonds is 14. The average molecular weight is 835 g/mol. The predicted molar refractivity (Wildman–Crippen MR) is 168 cm³/mol. The van der Waals surface area contributed by atoms with Crippen molar-refractivity contribution in [1.82, 2.24) is 0 Å². The van der Waals surface area contributed by atoms with Crippen LogP contribution in [0.3, 0.4) is 0 Å². The second-order valence-electron chi connectivity index (χ2n) is 13.2. The molecule has 8 aliphatic rings. The van der Waals surface area contributed by atoms with Crippen LogP contribution in [0, 0.1) is 0 Å². The molecule has 0 aliphatic carbocycles. The minimum Gasteiger partial charge on any atom is -0.366 e. The summed E-state index contributed by atoms with van der Waals surface area (Å²) in [6, 6.07) is 0. The van der Waals surface area contributed by atoms with Crippen LogP contribution in [0.4, 0.5) is 0 Å². The Morgan fingerprint density at radius 2 is 0.316 bits per heavy atom. The molecule has 0 amide bonds. The topological polar surface area (TPSA) is 253 Å². The van der Waals surface area contributed by atoms with E-state index in [-0.39, 0.29) is 106 Å². The van der Waals surface area contributed by atoms with Crippen molar-refractivity contribution in [2.75, 3.05) is 106 Å². The Kier molecular flexibility index (Phi) is 16.2. The maximum atomic E-state index is 9.33. The smallest absolute Gasteiger partial charge is 0.184 e. The predicted octanol–water partition coefficient (Wildman–Crippen LogP) is -3.32. The summed E-state index contributed by atoms with van der Waals surface area (Å²) in [5.74, 6) is 0. The molecule has 8 aliphatic heterocycles. The van der Waals surface area contributed by atoms with Gasteiger partial charge in [0.1, 0.15) is 106 Å². The van der Waals surface area contributed by atoms with Gasteiger partial charge in [-0.2, -0.15) is 0 Å². The Balaban J connectivity index is 0.619. The first-order valence-corrected chi connectivity index (χ1v) is 18.7. The Bertz CT molecular complexity index is 1030. The van der Waals surface area contributed by atoms with Gasteiger partial charge < -0.3 is 119 Å². The monoisotopic (exact) mass is 834 g/mol. The summed E-state index contributed by atoms with van der Waals surface area (Å²) in [4.78, 5) is 0. The molecule has 25 heteroatoms. The molecule has 8 fully saturated rings. The van der Waals surface area contributed by atoms with Crippen molar-refractivity contribution >= 4 is 0 Å². The van der Waals surface area contributed by atoms with Gasteiger partial charge >= 0.3 is 0 Å². The van der Waals surface area contributed by atoms with Crippen molar-refractivity contribution in [1.29, 1.82) is 0 Å². The minimum absolute atomic E-state index is 0.0140. The van der Waals surface area contributed by atoms with E-state index < -0.39 is 101 Å². The number of aliphatic hydroxyl groups is 2. The molecule has 57 heavy (non-hydrogen) atoms. The molecular formula is C32H50O25. The molecule has 8 saturated heterocycles. The molecule has 8 rings (SSSR count). The SMILES string of the molecule is O[C@@H]1CO[C@H](O[C@@H]2CO[C@H](O[C@@H]3CO[C@H](O[C@@H]4CO[C@H](O[C@@H]5CO[C@H](O[C@@H]6CO[C@H](O[C@@H]7CO[C@H](O[C@@H]8CO[C@H](O)CO8)CO7)CO6)CO5)CO4)CO3)CO2)CO1. The lowest BCUT2D eigenvalue weighted by atomic mass is 10.5. The summed E-state index contributed by atoms with van der Waals surface area (Å²) in [7, 11) is 0. The molecule has 25 nitrogen and oxygen atoms in total. The van der Waals surface area contributed by atoms with Gasteiger partial charge in [-0.1, -0.05) is 0 Å². The maximum absolute atomic E-state index is 9.33. The molecule has 0 radical (unpaired) electrons. The third-order valence-corrected chi connectivity index (χ3v) is 8.84. The van der Waals surface area contributed by atoms with E-state index in [2.05, 4.69) is 0 Å². The highest BCUT2D eigenvalue weighted by Crippen LogP contribution is 2.23. The van der Waals surface area contributed by atoms with Crippen LogP contribution in [0.1, 0.15) is 0 Å². The van der Waals surface area contributed by atoms with Crippen LogP contribution in [0.5, 0.6) is 0 Å². The Morgan fingerprint density at radius 3 is 0.421 bits per heavy atom. The molecule has 0 aromatic heterocycles. The van der Waals surface area contributed by atoms with Crippen molar-refractivity contribution in [3.63, 3.8) is 0 Å². The van der Waals surface area contributed by atoms with Crippen molar-refractivity contribution in [3.05, 3.63) is 0 Å². The van der Waals surface area contributed by atoms with Crippen LogP contribution in [0.25, 0.3) is 0 Å². The fourth-order valence-electron chi connectivity index (χ4n) is 6.04. The van der Waals surface area contributed by atoms with E-state index in [4.69, 9.17) is 109 Å². The first-order chi connectivity index (χ1) is 27.9. The van der Waals surface area contributed by atoms with Gasteiger partial charge in [0.05, 0.1) is 0 Å². The van der Waals surface area contributed by atoms with Crippen LogP contribution in [-0.4, -0.2) is 217 Å². The van der Waals surface area contributed by atoms with E-state index in [9.17, 15) is 10.2 Å². The van der Waals surface area contributed by atoms with Crippen LogP contribution < -0.4 is 0 Å². The van der Waals surface area contributed by atoms with Crippen molar-refractivity contribution in [2.24, 2.45) is 0 Å². The molecule has 0 aromatic carbocycles. The van der Waals surface area contributed by atoms with Gasteiger partial charge in [0.25, 0.3) is 0 Å². The highest BCUT2D eigenvalue weighted by atomic mass is 16.9. The van der Waals surface area contributed by atoms with E-state index >= 15 is 0 Å². The standard InChI is InChI=1S/C32H50O25/c33-17-1-37-19(3-35-17)51-21-5-41-23(7-39-21)53-25-9-45-27(11-43-25)55-29-13-49-31(15-47-29)57-32-16-48-30(14-50-32)56-28-12-44-26(10-46-28)54-24-8-40-22(6-42-24)52-20-4-36-18(34)2-38-20/h17-34H,1-16H2/t17-,18-,19+,20+,21+,22+,23+,24+,25+,26+,27+,28+,29+,30+,31+,32+/m0/s1. The normalized spacial score (nSPS) is 45.4. The second kappa shape index (κ2) is 21.7. The zero-order valence-electron chi connectivity index (χ0n) is 30.8. The molecule has 16 atom stereocenters. The third kappa shape index (κ3) is 13.5. The molecule has 0 saturated carbocycles. The van der Waals surface area contributed by atoms with E-state index in [1.165, 1.54) is 0 Å². The van der Waals surface area contributed by atoms with E-state index in [0.717, 1.165) is 0 Å². The van der Waals surface area contributed by atoms with Gasteiger partial charge in [-0.3, -0.25) is 0 Å². The quantitative estimate of drug-likeness (QED) is 0.174. The molecule has 328 valence electrons. The number of aliphatic hydroxyl groups excluding tert-OH is 2. The summed E-state index contributed by atoms with van der Waals surface area (Å²) >= 11 is 0. The van der Waals surface area contributed by atoms with E-state index in [0.29, 0.717) is 0 Å². The van der Waals surface area contributed by atoms with Crippen LogP contribution in [-0.2, 0) is 109 Å². The number of ether oxygens (including phenoxy) is 23. The Hall–Kier alpha value is -1.00. The summed E-state index contributed by atoms with van der Waals surface area (Å²) in [6.07, 6.45) is -11.6. The van der Waals surface area contributed by atoms with Gasteiger partial charge in [0, 0.05) is 0 Å². The molecule has 8 heterocycles. The van der Waals surface area contributed by atoms with Crippen LogP contribution in [0.2, 0.25) is 0 Å². The summed E-state index contributed by atoms with van der Waals surface area (Å²) in [5.41, 5.74) is 0. The molecular weight excluding hydrogens is 784 g/mol. The average Bonchev–Trinajstić information content (AvgIpc) is 3.24. The van der Waals surface area contributed by atoms with Gasteiger partial charge in [0.2, 0.25) is 0 Å². The Morgan fingerprint density at radius 1 is 0.193 bits per heavy atom. The largest absolute Gasteiger partial charge is 0.366 e. The first-order valence-electron chi connectivity index (χ1n) is 18.7.